The summed E-state index contributed by atoms with van der Waals surface area (Å²) in [5, 5.41) is 10.7. The maximum Gasteiger partial charge on any atom is 0.276 e. The van der Waals surface area contributed by atoms with E-state index in [2.05, 4.69) is 15.5 Å². The van der Waals surface area contributed by atoms with Crippen LogP contribution in [0.1, 0.15) is 17.4 Å². The van der Waals surface area contributed by atoms with Gasteiger partial charge in [0.2, 0.25) is 5.91 Å². The normalized spacial score (nSPS) is 14.3. The second-order valence-electron chi connectivity index (χ2n) is 5.73. The molecule has 1 aromatic carbocycles. The van der Waals surface area contributed by atoms with Gasteiger partial charge < -0.3 is 15.1 Å². The number of anilines is 2. The number of benzene rings is 1. The molecule has 130 valence electrons. The van der Waals surface area contributed by atoms with Crippen LogP contribution < -0.4 is 10.2 Å². The number of aromatic nitrogens is 2. The molecule has 3 rings (SSSR count). The van der Waals surface area contributed by atoms with Gasteiger partial charge in [-0.15, -0.1) is 10.2 Å². The first kappa shape index (κ1) is 16.8. The molecule has 1 aliphatic rings. The molecule has 2 amide bonds. The smallest absolute Gasteiger partial charge is 0.276 e. The number of carbonyl (C=O) groups is 2. The molecule has 0 atom stereocenters. The molecule has 2 aromatic rings. The van der Waals surface area contributed by atoms with Gasteiger partial charge in [0.25, 0.3) is 5.91 Å². The van der Waals surface area contributed by atoms with Crippen molar-refractivity contribution in [3.63, 3.8) is 0 Å². The minimum absolute atomic E-state index is 0.0681. The predicted octanol–water partition coefficient (Wildman–Crippen LogP) is 1.54. The molecule has 1 fully saturated rings. The number of piperazine rings is 1. The lowest BCUT2D eigenvalue weighted by molar-refractivity contribution is -0.129. The van der Waals surface area contributed by atoms with Crippen molar-refractivity contribution in [1.29, 1.82) is 0 Å². The van der Waals surface area contributed by atoms with Crippen LogP contribution in [0, 0.1) is 5.82 Å². The van der Waals surface area contributed by atoms with Crippen molar-refractivity contribution >= 4 is 23.3 Å². The van der Waals surface area contributed by atoms with Gasteiger partial charge in [-0.1, -0.05) is 0 Å². The zero-order chi connectivity index (χ0) is 17.8. The number of carbonyl (C=O) groups excluding carboxylic acids is 2. The van der Waals surface area contributed by atoms with Crippen molar-refractivity contribution in [1.82, 2.24) is 15.1 Å². The molecule has 8 heteroatoms. The van der Waals surface area contributed by atoms with E-state index in [1.54, 1.807) is 24.0 Å². The van der Waals surface area contributed by atoms with E-state index in [1.807, 2.05) is 4.90 Å². The first-order valence-electron chi connectivity index (χ1n) is 7.94. The third-order valence-electron chi connectivity index (χ3n) is 4.03. The van der Waals surface area contributed by atoms with Crippen LogP contribution in [-0.2, 0) is 4.79 Å². The summed E-state index contributed by atoms with van der Waals surface area (Å²) < 4.78 is 12.9. The van der Waals surface area contributed by atoms with E-state index in [0.29, 0.717) is 37.7 Å². The van der Waals surface area contributed by atoms with E-state index in [4.69, 9.17) is 0 Å². The average molecular weight is 343 g/mol. The van der Waals surface area contributed by atoms with Crippen LogP contribution in [0.15, 0.2) is 36.4 Å². The van der Waals surface area contributed by atoms with E-state index in [-0.39, 0.29) is 17.4 Å². The first-order valence-corrected chi connectivity index (χ1v) is 7.94. The number of hydrogen-bond acceptors (Lipinski definition) is 5. The Labute approximate surface area is 144 Å². The van der Waals surface area contributed by atoms with Gasteiger partial charge in [0.15, 0.2) is 11.5 Å². The van der Waals surface area contributed by atoms with Crippen molar-refractivity contribution in [2.75, 3.05) is 36.4 Å². The highest BCUT2D eigenvalue weighted by atomic mass is 19.1. The van der Waals surface area contributed by atoms with Gasteiger partial charge in [-0.05, 0) is 36.4 Å². The van der Waals surface area contributed by atoms with Crippen molar-refractivity contribution < 1.29 is 14.0 Å². The van der Waals surface area contributed by atoms with E-state index in [0.717, 1.165) is 0 Å². The third kappa shape index (κ3) is 4.09. The van der Waals surface area contributed by atoms with E-state index < -0.39 is 5.91 Å². The zero-order valence-electron chi connectivity index (χ0n) is 13.8. The van der Waals surface area contributed by atoms with E-state index >= 15 is 0 Å². The molecule has 2 heterocycles. The lowest BCUT2D eigenvalue weighted by Crippen LogP contribution is -2.48. The molecule has 7 nitrogen and oxygen atoms in total. The Morgan fingerprint density at radius 1 is 1.00 bits per heavy atom. The second-order valence-corrected chi connectivity index (χ2v) is 5.73. The van der Waals surface area contributed by atoms with Gasteiger partial charge in [0, 0.05) is 38.8 Å². The van der Waals surface area contributed by atoms with Crippen molar-refractivity contribution in [2.45, 2.75) is 6.92 Å². The van der Waals surface area contributed by atoms with Crippen LogP contribution in [0.5, 0.6) is 0 Å². The summed E-state index contributed by atoms with van der Waals surface area (Å²) in [4.78, 5) is 27.3. The Morgan fingerprint density at radius 3 is 2.24 bits per heavy atom. The number of amides is 2. The molecule has 1 aliphatic heterocycles. The van der Waals surface area contributed by atoms with Gasteiger partial charge in [-0.2, -0.15) is 0 Å². The fourth-order valence-corrected chi connectivity index (χ4v) is 2.59. The standard InChI is InChI=1S/C17H18FN5O2/c1-12(24)22-8-10-23(11-9-22)16-7-6-15(20-21-16)17(25)19-14-4-2-13(18)3-5-14/h2-7H,8-11H2,1H3,(H,19,25). The molecule has 0 saturated carbocycles. The minimum atomic E-state index is -0.410. The molecular formula is C17H18FN5O2. The molecule has 1 aromatic heterocycles. The summed E-state index contributed by atoms with van der Waals surface area (Å²) in [5.74, 6) is -0.0425. The number of nitrogens with zero attached hydrogens (tertiary/aromatic N) is 4. The molecule has 0 unspecified atom stereocenters. The monoisotopic (exact) mass is 343 g/mol. The molecule has 1 N–H and O–H groups in total. The molecule has 25 heavy (non-hydrogen) atoms. The number of rotatable bonds is 3. The Hall–Kier alpha value is -3.03. The molecule has 0 bridgehead atoms. The maximum atomic E-state index is 12.9. The number of hydrogen-bond donors (Lipinski definition) is 1. The summed E-state index contributed by atoms with van der Waals surface area (Å²) in [5.41, 5.74) is 0.660. The summed E-state index contributed by atoms with van der Waals surface area (Å²) in [6, 6.07) is 8.82. The van der Waals surface area contributed by atoms with Crippen molar-refractivity contribution in [2.24, 2.45) is 0 Å². The van der Waals surface area contributed by atoms with Gasteiger partial charge in [-0.25, -0.2) is 4.39 Å². The average Bonchev–Trinajstić information content (AvgIpc) is 2.64. The third-order valence-corrected chi connectivity index (χ3v) is 4.03. The summed E-state index contributed by atoms with van der Waals surface area (Å²) in [6.07, 6.45) is 0. The van der Waals surface area contributed by atoms with E-state index in [9.17, 15) is 14.0 Å². The maximum absolute atomic E-state index is 12.9. The van der Waals surface area contributed by atoms with Gasteiger partial charge in [0.1, 0.15) is 5.82 Å². The summed E-state index contributed by atoms with van der Waals surface area (Å²) in [6.45, 7) is 4.20. The van der Waals surface area contributed by atoms with Crippen LogP contribution in [0.2, 0.25) is 0 Å². The zero-order valence-corrected chi connectivity index (χ0v) is 13.8. The van der Waals surface area contributed by atoms with E-state index in [1.165, 1.54) is 24.3 Å². The largest absolute Gasteiger partial charge is 0.352 e. The van der Waals surface area contributed by atoms with Crippen LogP contribution >= 0.6 is 0 Å². The van der Waals surface area contributed by atoms with Gasteiger partial charge in [-0.3, -0.25) is 9.59 Å². The summed E-state index contributed by atoms with van der Waals surface area (Å²) >= 11 is 0. The molecule has 1 saturated heterocycles. The fourth-order valence-electron chi connectivity index (χ4n) is 2.59. The highest BCUT2D eigenvalue weighted by molar-refractivity contribution is 6.02. The summed E-state index contributed by atoms with van der Waals surface area (Å²) in [7, 11) is 0. The van der Waals surface area contributed by atoms with Crippen molar-refractivity contribution in [3.8, 4) is 0 Å². The van der Waals surface area contributed by atoms with Crippen LogP contribution in [-0.4, -0.2) is 53.1 Å². The lowest BCUT2D eigenvalue weighted by Gasteiger charge is -2.34. The predicted molar refractivity (Wildman–Crippen MR) is 90.9 cm³/mol. The second kappa shape index (κ2) is 7.25. The van der Waals surface area contributed by atoms with Crippen molar-refractivity contribution in [3.05, 3.63) is 47.9 Å². The topological polar surface area (TPSA) is 78.4 Å². The van der Waals surface area contributed by atoms with Gasteiger partial charge in [0.05, 0.1) is 0 Å². The number of halogens is 1. The van der Waals surface area contributed by atoms with Crippen LogP contribution in [0.3, 0.4) is 0 Å². The molecular weight excluding hydrogens is 325 g/mol. The first-order chi connectivity index (χ1) is 12.0. The SMILES string of the molecule is CC(=O)N1CCN(c2ccc(C(=O)Nc3ccc(F)cc3)nn2)CC1. The molecule has 0 spiro atoms. The Morgan fingerprint density at radius 2 is 1.68 bits per heavy atom. The quantitative estimate of drug-likeness (QED) is 0.914. The number of nitrogens with one attached hydrogen (secondary N) is 1. The minimum Gasteiger partial charge on any atom is -0.352 e. The highest BCUT2D eigenvalue weighted by Gasteiger charge is 2.20. The molecule has 0 aliphatic carbocycles. The van der Waals surface area contributed by atoms with Crippen LogP contribution in [0.25, 0.3) is 0 Å². The Balaban J connectivity index is 1.61. The molecule has 0 radical (unpaired) electrons. The van der Waals surface area contributed by atoms with Crippen LogP contribution in [0.4, 0.5) is 15.9 Å². The Kier molecular flexibility index (Phi) is 4.87. The Bertz CT molecular complexity index is 756. The lowest BCUT2D eigenvalue weighted by atomic mass is 10.2. The van der Waals surface area contributed by atoms with Gasteiger partial charge >= 0.3 is 0 Å². The highest BCUT2D eigenvalue weighted by Crippen LogP contribution is 2.14. The fraction of sp³-hybridized carbons (Fsp3) is 0.294.